The Bertz CT molecular complexity index is 249. The summed E-state index contributed by atoms with van der Waals surface area (Å²) in [5.41, 5.74) is 0.906. The van der Waals surface area contributed by atoms with E-state index in [0.29, 0.717) is 0 Å². The maximum atomic E-state index is 5.81. The molecule has 0 amide bonds. The molecule has 0 fully saturated rings. The largest absolute Gasteiger partial charge is 0.429 e. The van der Waals surface area contributed by atoms with Gasteiger partial charge in [-0.05, 0) is 31.7 Å². The van der Waals surface area contributed by atoms with Crippen molar-refractivity contribution in [2.24, 2.45) is 10.4 Å². The van der Waals surface area contributed by atoms with Gasteiger partial charge in [-0.3, -0.25) is 4.99 Å². The van der Waals surface area contributed by atoms with Crippen LogP contribution in [0.3, 0.4) is 0 Å². The zero-order valence-corrected chi connectivity index (χ0v) is 11.1. The molecule has 1 radical (unpaired) electrons. The summed E-state index contributed by atoms with van der Waals surface area (Å²) >= 11 is 0. The molecule has 3 heteroatoms. The number of aliphatic imine (C=N–C) groups is 1. The fourth-order valence-electron chi connectivity index (χ4n) is 0.714. The van der Waals surface area contributed by atoms with Gasteiger partial charge in [0.2, 0.25) is 0 Å². The summed E-state index contributed by atoms with van der Waals surface area (Å²) in [6.07, 6.45) is 3.77. The molecular formula is C12H23BNO. The Morgan fingerprint density at radius 1 is 1.20 bits per heavy atom. The second-order valence-electron chi connectivity index (χ2n) is 5.17. The summed E-state index contributed by atoms with van der Waals surface area (Å²) in [5.74, 6) is 0. The van der Waals surface area contributed by atoms with E-state index < -0.39 is 0 Å². The average Bonchev–Trinajstić information content (AvgIpc) is 2.10. The molecule has 0 unspecified atom stereocenters. The van der Waals surface area contributed by atoms with Crippen LogP contribution in [0.2, 0.25) is 0 Å². The van der Waals surface area contributed by atoms with Gasteiger partial charge >= 0.3 is 7.48 Å². The van der Waals surface area contributed by atoms with Gasteiger partial charge in [0.05, 0.1) is 5.60 Å². The molecule has 0 spiro atoms. The smallest absolute Gasteiger partial charge is 0.331 e. The minimum Gasteiger partial charge on any atom is -0.429 e. The zero-order chi connectivity index (χ0) is 12.1. The lowest BCUT2D eigenvalue weighted by atomic mass is 9.76. The molecule has 0 aliphatic carbocycles. The maximum Gasteiger partial charge on any atom is 0.331 e. The van der Waals surface area contributed by atoms with Crippen LogP contribution in [0.25, 0.3) is 0 Å². The van der Waals surface area contributed by atoms with E-state index in [2.05, 4.69) is 39.6 Å². The molecule has 0 N–H and O–H groups in total. The molecule has 0 aromatic rings. The molecule has 2 nitrogen and oxygen atoms in total. The van der Waals surface area contributed by atoms with E-state index in [1.807, 2.05) is 13.0 Å². The minimum atomic E-state index is -0.192. The fraction of sp³-hybridized carbons (Fsp3) is 0.750. The number of hydrogen-bond donors (Lipinski definition) is 0. The number of hydrogen-bond acceptors (Lipinski definition) is 2. The monoisotopic (exact) mass is 208 g/mol. The number of allylic oxidation sites excluding steroid dienone is 2. The molecule has 0 bridgehead atoms. The van der Waals surface area contributed by atoms with Crippen molar-refractivity contribution in [3.8, 4) is 0 Å². The molecule has 0 atom stereocenters. The van der Waals surface area contributed by atoms with E-state index in [-0.39, 0.29) is 11.0 Å². The summed E-state index contributed by atoms with van der Waals surface area (Å²) < 4.78 is 5.81. The second-order valence-corrected chi connectivity index (χ2v) is 5.17. The van der Waals surface area contributed by atoms with Gasteiger partial charge in [0.1, 0.15) is 0 Å². The first-order chi connectivity index (χ1) is 6.74. The van der Waals surface area contributed by atoms with Crippen LogP contribution in [0.1, 0.15) is 41.5 Å². The average molecular weight is 208 g/mol. The number of rotatable bonds is 4. The first kappa shape index (κ1) is 14.4. The van der Waals surface area contributed by atoms with Crippen molar-refractivity contribution < 1.29 is 4.65 Å². The van der Waals surface area contributed by atoms with Crippen molar-refractivity contribution in [2.45, 2.75) is 47.1 Å². The van der Waals surface area contributed by atoms with Crippen LogP contribution in [0.5, 0.6) is 0 Å². The molecule has 0 heterocycles. The Morgan fingerprint density at radius 3 is 2.07 bits per heavy atom. The Hall–Kier alpha value is -0.565. The predicted molar refractivity (Wildman–Crippen MR) is 68.5 cm³/mol. The summed E-state index contributed by atoms with van der Waals surface area (Å²) in [4.78, 5) is 3.97. The quantitative estimate of drug-likeness (QED) is 0.514. The van der Waals surface area contributed by atoms with Gasteiger partial charge in [-0.2, -0.15) is 0 Å². The molecular weight excluding hydrogens is 185 g/mol. The van der Waals surface area contributed by atoms with E-state index in [4.69, 9.17) is 4.65 Å². The highest BCUT2D eigenvalue weighted by Crippen LogP contribution is 2.32. The van der Waals surface area contributed by atoms with Crippen molar-refractivity contribution in [3.05, 3.63) is 11.5 Å². The van der Waals surface area contributed by atoms with Crippen molar-refractivity contribution in [2.75, 3.05) is 7.05 Å². The highest BCUT2D eigenvalue weighted by molar-refractivity contribution is 6.46. The van der Waals surface area contributed by atoms with Crippen LogP contribution >= 0.6 is 0 Å². The van der Waals surface area contributed by atoms with Crippen molar-refractivity contribution >= 4 is 13.7 Å². The van der Waals surface area contributed by atoms with Crippen LogP contribution in [-0.2, 0) is 4.65 Å². The lowest BCUT2D eigenvalue weighted by Crippen LogP contribution is -2.40. The fourth-order valence-corrected chi connectivity index (χ4v) is 0.714. The van der Waals surface area contributed by atoms with Gasteiger partial charge in [0, 0.05) is 13.3 Å². The highest BCUT2D eigenvalue weighted by Gasteiger charge is 2.33. The summed E-state index contributed by atoms with van der Waals surface area (Å²) in [6.45, 7) is 12.7. The summed E-state index contributed by atoms with van der Waals surface area (Å²) in [7, 11) is 3.53. The molecule has 0 aliphatic heterocycles. The molecule has 0 aromatic heterocycles. The molecule has 0 saturated carbocycles. The molecule has 15 heavy (non-hydrogen) atoms. The molecule has 0 rings (SSSR count). The van der Waals surface area contributed by atoms with Crippen LogP contribution in [0.4, 0.5) is 0 Å². The third-order valence-electron chi connectivity index (χ3n) is 2.91. The van der Waals surface area contributed by atoms with Crippen LogP contribution in [0.15, 0.2) is 16.5 Å². The van der Waals surface area contributed by atoms with Gasteiger partial charge in [-0.25, -0.2) is 0 Å². The van der Waals surface area contributed by atoms with E-state index in [9.17, 15) is 0 Å². The summed E-state index contributed by atoms with van der Waals surface area (Å²) in [6, 6.07) is 0. The van der Waals surface area contributed by atoms with Gasteiger partial charge in [-0.15, -0.1) is 0 Å². The third-order valence-corrected chi connectivity index (χ3v) is 2.91. The first-order valence-corrected chi connectivity index (χ1v) is 5.34. The van der Waals surface area contributed by atoms with Crippen molar-refractivity contribution in [1.29, 1.82) is 0 Å². The zero-order valence-electron chi connectivity index (χ0n) is 11.1. The molecule has 0 saturated heterocycles. The molecule has 0 aromatic carbocycles. The van der Waals surface area contributed by atoms with Gasteiger partial charge in [-0.1, -0.05) is 26.8 Å². The van der Waals surface area contributed by atoms with Crippen molar-refractivity contribution in [1.82, 2.24) is 0 Å². The van der Waals surface area contributed by atoms with Gasteiger partial charge < -0.3 is 4.65 Å². The SMILES string of the molecule is C/C=C(/[B]OC(C)(C)C(C)(C)C)C=NC. The lowest BCUT2D eigenvalue weighted by molar-refractivity contribution is 0.00456. The lowest BCUT2D eigenvalue weighted by Gasteiger charge is -2.39. The summed E-state index contributed by atoms with van der Waals surface area (Å²) in [5, 5.41) is 0. The Labute approximate surface area is 95.1 Å². The topological polar surface area (TPSA) is 21.6 Å². The highest BCUT2D eigenvalue weighted by atomic mass is 16.5. The molecule has 85 valence electrons. The van der Waals surface area contributed by atoms with E-state index in [1.165, 1.54) is 0 Å². The minimum absolute atomic E-state index is 0.103. The van der Waals surface area contributed by atoms with E-state index in [0.717, 1.165) is 5.47 Å². The Balaban J connectivity index is 4.39. The second kappa shape index (κ2) is 5.50. The van der Waals surface area contributed by atoms with E-state index in [1.54, 1.807) is 20.7 Å². The number of nitrogens with zero attached hydrogens (tertiary/aromatic N) is 1. The Morgan fingerprint density at radius 2 is 1.73 bits per heavy atom. The third kappa shape index (κ3) is 4.65. The standard InChI is InChI=1S/C12H23BNO/c1-8-10(9-14-7)13-15-12(5,6)11(2,3)4/h8-9H,1-7H3/b10-8+,14-9?. The van der Waals surface area contributed by atoms with Crippen LogP contribution < -0.4 is 0 Å². The van der Waals surface area contributed by atoms with Crippen LogP contribution in [0, 0.1) is 5.41 Å². The predicted octanol–water partition coefficient (Wildman–Crippen LogP) is 3.05. The van der Waals surface area contributed by atoms with Gasteiger partial charge in [0.25, 0.3) is 0 Å². The normalized spacial score (nSPS) is 14.7. The maximum absolute atomic E-state index is 5.81. The van der Waals surface area contributed by atoms with Gasteiger partial charge in [0.15, 0.2) is 0 Å². The van der Waals surface area contributed by atoms with Crippen LogP contribution in [-0.4, -0.2) is 26.3 Å². The first-order valence-electron chi connectivity index (χ1n) is 5.34. The molecule has 0 aliphatic rings. The Kier molecular flexibility index (Phi) is 5.29. The van der Waals surface area contributed by atoms with Crippen molar-refractivity contribution in [3.63, 3.8) is 0 Å². The van der Waals surface area contributed by atoms with E-state index >= 15 is 0 Å².